The number of esters is 4. The Balaban J connectivity index is 5.22. The van der Waals surface area contributed by atoms with Crippen LogP contribution < -0.4 is 0 Å². The van der Waals surface area contributed by atoms with Crippen molar-refractivity contribution in [3.05, 3.63) is 0 Å². The second kappa shape index (κ2) is 77.0. The first-order valence-corrected chi connectivity index (χ1v) is 47.9. The van der Waals surface area contributed by atoms with Crippen molar-refractivity contribution in [3.8, 4) is 0 Å². The van der Waals surface area contributed by atoms with Gasteiger partial charge in [-0.1, -0.05) is 408 Å². The molecule has 3 N–H and O–H groups in total. The molecule has 0 aromatic heterocycles. The van der Waals surface area contributed by atoms with Gasteiger partial charge in [0.05, 0.1) is 26.4 Å². The zero-order valence-electron chi connectivity index (χ0n) is 69.9. The number of hydrogen-bond donors (Lipinski definition) is 3. The first-order valence-electron chi connectivity index (χ1n) is 44.9. The maximum Gasteiger partial charge on any atom is 0.472 e. The van der Waals surface area contributed by atoms with E-state index in [2.05, 4.69) is 48.5 Å². The fourth-order valence-electron chi connectivity index (χ4n) is 13.5. The third-order valence-electron chi connectivity index (χ3n) is 20.7. The Labute approximate surface area is 651 Å². The van der Waals surface area contributed by atoms with E-state index in [4.69, 9.17) is 37.0 Å². The molecule has 0 bridgehead atoms. The average molecular weight is 1550 g/mol. The van der Waals surface area contributed by atoms with E-state index in [0.717, 1.165) is 108 Å². The molecule has 19 heteroatoms. The number of unbranched alkanes of at least 4 members (excludes halogenated alkanes) is 52. The molecule has 0 aliphatic heterocycles. The quantitative estimate of drug-likeness (QED) is 0.0222. The zero-order chi connectivity index (χ0) is 77.9. The number of aliphatic hydroxyl groups is 1. The van der Waals surface area contributed by atoms with Crippen LogP contribution in [0.1, 0.15) is 459 Å². The average Bonchev–Trinajstić information content (AvgIpc) is 0.905. The van der Waals surface area contributed by atoms with Gasteiger partial charge in [-0.25, -0.2) is 9.13 Å². The number of rotatable bonds is 85. The number of carbonyl (C=O) groups is 4. The molecule has 0 saturated heterocycles. The lowest BCUT2D eigenvalue weighted by Gasteiger charge is -2.21. The van der Waals surface area contributed by atoms with Gasteiger partial charge in [0.15, 0.2) is 12.2 Å². The molecule has 0 fully saturated rings. The van der Waals surface area contributed by atoms with Crippen LogP contribution in [0.4, 0.5) is 0 Å². The maximum absolute atomic E-state index is 13.2. The van der Waals surface area contributed by atoms with Crippen molar-refractivity contribution < 1.29 is 80.2 Å². The molecule has 17 nitrogen and oxygen atoms in total. The maximum atomic E-state index is 13.2. The highest BCUT2D eigenvalue weighted by atomic mass is 31.2. The van der Waals surface area contributed by atoms with Crippen molar-refractivity contribution in [2.45, 2.75) is 478 Å². The summed E-state index contributed by atoms with van der Waals surface area (Å²) in [7, 11) is -9.93. The lowest BCUT2D eigenvalue weighted by molar-refractivity contribution is -0.161. The molecule has 106 heavy (non-hydrogen) atoms. The van der Waals surface area contributed by atoms with E-state index in [-0.39, 0.29) is 25.7 Å². The van der Waals surface area contributed by atoms with Gasteiger partial charge in [-0.3, -0.25) is 37.3 Å². The normalized spacial score (nSPS) is 14.1. The van der Waals surface area contributed by atoms with Gasteiger partial charge in [-0.15, -0.1) is 0 Å². The van der Waals surface area contributed by atoms with Gasteiger partial charge in [-0.2, -0.15) is 0 Å². The Bertz CT molecular complexity index is 2050. The van der Waals surface area contributed by atoms with Crippen LogP contribution >= 0.6 is 15.6 Å². The summed E-state index contributed by atoms with van der Waals surface area (Å²) < 4.78 is 68.9. The number of phosphoric acid groups is 2. The van der Waals surface area contributed by atoms with Gasteiger partial charge in [-0.05, 0) is 43.4 Å². The molecule has 0 spiro atoms. The minimum absolute atomic E-state index is 0.105. The first kappa shape index (κ1) is 104. The molecular formula is C87H170O17P2. The van der Waals surface area contributed by atoms with E-state index >= 15 is 0 Å². The van der Waals surface area contributed by atoms with Crippen molar-refractivity contribution in [3.63, 3.8) is 0 Å². The van der Waals surface area contributed by atoms with Crippen molar-refractivity contribution >= 4 is 39.5 Å². The van der Waals surface area contributed by atoms with E-state index in [1.807, 2.05) is 0 Å². The van der Waals surface area contributed by atoms with Crippen LogP contribution in [0.25, 0.3) is 0 Å². The predicted octanol–water partition coefficient (Wildman–Crippen LogP) is 26.5. The van der Waals surface area contributed by atoms with Gasteiger partial charge in [0.1, 0.15) is 19.3 Å². The summed E-state index contributed by atoms with van der Waals surface area (Å²) in [4.78, 5) is 73.2. The first-order chi connectivity index (χ1) is 51.3. The fraction of sp³-hybridized carbons (Fsp3) is 0.954. The molecule has 0 amide bonds. The third kappa shape index (κ3) is 78.7. The van der Waals surface area contributed by atoms with Crippen molar-refractivity contribution in [2.75, 3.05) is 39.6 Å². The molecule has 0 aromatic carbocycles. The van der Waals surface area contributed by atoms with Crippen LogP contribution in [0.3, 0.4) is 0 Å². The van der Waals surface area contributed by atoms with Crippen molar-refractivity contribution in [2.24, 2.45) is 17.8 Å². The molecular weight excluding hydrogens is 1380 g/mol. The van der Waals surface area contributed by atoms with E-state index in [9.17, 15) is 43.2 Å². The molecule has 0 aromatic rings. The molecule has 0 saturated carbocycles. The van der Waals surface area contributed by atoms with Crippen LogP contribution in [0, 0.1) is 17.8 Å². The van der Waals surface area contributed by atoms with Gasteiger partial charge >= 0.3 is 39.5 Å². The highest BCUT2D eigenvalue weighted by Gasteiger charge is 2.31. The van der Waals surface area contributed by atoms with Gasteiger partial charge < -0.3 is 33.8 Å². The molecule has 0 rings (SSSR count). The number of carbonyl (C=O) groups excluding carboxylic acids is 4. The number of hydrogen-bond acceptors (Lipinski definition) is 15. The highest BCUT2D eigenvalue weighted by molar-refractivity contribution is 7.47. The molecule has 3 unspecified atom stereocenters. The molecule has 0 aliphatic carbocycles. The standard InChI is InChI=1S/C87H170O17P2/c1-8-10-11-12-13-14-15-16-17-18-19-20-24-27-30-33-40-47-54-61-68-84(89)97-74-82(103-86(91)70-63-56-49-41-34-31-28-25-22-21-23-26-29-32-39-46-53-60-67-80(7)9-2)76-101-105(93,94)99-72-81(88)73-100-106(95,96)102-77-83(104-87(92)71-64-57-50-43-36-38-45-52-59-66-79(5)6)75-98-85(90)69-62-55-48-42-35-37-44-51-58-65-78(3)4/h78-83,88H,8-77H2,1-7H3,(H,93,94)(H,95,96)/t80?,81-,82-,83-/m1/s1. The lowest BCUT2D eigenvalue weighted by Crippen LogP contribution is -2.30. The zero-order valence-corrected chi connectivity index (χ0v) is 71.7. The van der Waals surface area contributed by atoms with E-state index < -0.39 is 97.5 Å². The van der Waals surface area contributed by atoms with Gasteiger partial charge in [0, 0.05) is 25.7 Å². The van der Waals surface area contributed by atoms with Gasteiger partial charge in [0.2, 0.25) is 0 Å². The highest BCUT2D eigenvalue weighted by Crippen LogP contribution is 2.45. The summed E-state index contributed by atoms with van der Waals surface area (Å²) in [6, 6.07) is 0. The second-order valence-corrected chi connectivity index (χ2v) is 35.4. The molecule has 630 valence electrons. The summed E-state index contributed by atoms with van der Waals surface area (Å²) in [6.07, 6.45) is 68.2. The topological polar surface area (TPSA) is 237 Å². The lowest BCUT2D eigenvalue weighted by atomic mass is 9.99. The van der Waals surface area contributed by atoms with Crippen LogP contribution in [-0.4, -0.2) is 96.7 Å². The van der Waals surface area contributed by atoms with E-state index in [0.29, 0.717) is 25.7 Å². The summed E-state index contributed by atoms with van der Waals surface area (Å²) in [6.45, 7) is 12.0. The summed E-state index contributed by atoms with van der Waals surface area (Å²) >= 11 is 0. The summed E-state index contributed by atoms with van der Waals surface area (Å²) in [5, 5.41) is 10.7. The summed E-state index contributed by atoms with van der Waals surface area (Å²) in [5.74, 6) is 0.245. The van der Waals surface area contributed by atoms with E-state index in [1.54, 1.807) is 0 Å². The largest absolute Gasteiger partial charge is 0.472 e. The minimum atomic E-state index is -4.97. The number of phosphoric ester groups is 2. The van der Waals surface area contributed by atoms with Crippen LogP contribution in [-0.2, 0) is 65.4 Å². The Morgan fingerprint density at radius 2 is 0.481 bits per heavy atom. The molecule has 0 heterocycles. The molecule has 6 atom stereocenters. The van der Waals surface area contributed by atoms with Gasteiger partial charge in [0.25, 0.3) is 0 Å². The SMILES string of the molecule is CCCCCCCCCCCCCCCCCCCCCCC(=O)OC[C@H](COP(=O)(O)OC[C@@H](O)COP(=O)(O)OC[C@@H](COC(=O)CCCCCCCCCCCC(C)C)OC(=O)CCCCCCCCCCCC(C)C)OC(=O)CCCCCCCCCCCCCCCCCCCCC(C)CC. The Hall–Kier alpha value is -1.94. The van der Waals surface area contributed by atoms with Crippen molar-refractivity contribution in [1.82, 2.24) is 0 Å². The van der Waals surface area contributed by atoms with Crippen LogP contribution in [0.2, 0.25) is 0 Å². The monoisotopic (exact) mass is 1550 g/mol. The predicted molar refractivity (Wildman–Crippen MR) is 437 cm³/mol. The molecule has 0 aliphatic rings. The smallest absolute Gasteiger partial charge is 0.462 e. The van der Waals surface area contributed by atoms with Crippen LogP contribution in [0.5, 0.6) is 0 Å². The van der Waals surface area contributed by atoms with E-state index in [1.165, 1.54) is 270 Å². The molecule has 0 radical (unpaired) electrons. The Morgan fingerprint density at radius 3 is 0.717 bits per heavy atom. The third-order valence-corrected chi connectivity index (χ3v) is 22.6. The number of aliphatic hydroxyl groups excluding tert-OH is 1. The second-order valence-electron chi connectivity index (χ2n) is 32.5. The Kier molecular flexibility index (Phi) is 75.6. The minimum Gasteiger partial charge on any atom is -0.462 e. The fourth-order valence-corrected chi connectivity index (χ4v) is 15.1. The Morgan fingerprint density at radius 1 is 0.274 bits per heavy atom. The summed E-state index contributed by atoms with van der Waals surface area (Å²) in [5.41, 5.74) is 0. The number of ether oxygens (including phenoxy) is 4. The van der Waals surface area contributed by atoms with Crippen molar-refractivity contribution in [1.29, 1.82) is 0 Å². The van der Waals surface area contributed by atoms with Crippen LogP contribution in [0.15, 0.2) is 0 Å².